The minimum Gasteiger partial charge on any atom is -0.345 e. The van der Waals surface area contributed by atoms with Crippen molar-refractivity contribution in [1.29, 1.82) is 5.26 Å². The van der Waals surface area contributed by atoms with Gasteiger partial charge in [-0.1, -0.05) is 11.8 Å². The average Bonchev–Trinajstić information content (AvgIpc) is 2.33. The maximum Gasteiger partial charge on any atom is 0.416 e. The van der Waals surface area contributed by atoms with Crippen molar-refractivity contribution in [3.05, 3.63) is 34.9 Å². The Hall–Kier alpha value is -2.47. The molecule has 0 spiro atoms. The smallest absolute Gasteiger partial charge is 0.345 e. The highest BCUT2D eigenvalue weighted by atomic mass is 19.4. The van der Waals surface area contributed by atoms with E-state index in [9.17, 15) is 18.0 Å². The lowest BCUT2D eigenvalue weighted by Gasteiger charge is -2.07. The fourth-order valence-corrected chi connectivity index (χ4v) is 1.23. The van der Waals surface area contributed by atoms with E-state index in [0.29, 0.717) is 0 Å². The molecule has 0 aliphatic rings. The first-order valence-electron chi connectivity index (χ1n) is 5.19. The average molecular weight is 266 g/mol. The standard InChI is InChI=1S/C13H9F3N2O/c1-9(19)18-6-2-3-10-4-5-12(13(14,15)16)7-11(10)8-17/h4-5,7H,6H2,1H3,(H,18,19). The van der Waals surface area contributed by atoms with E-state index in [1.807, 2.05) is 0 Å². The van der Waals surface area contributed by atoms with E-state index in [-0.39, 0.29) is 23.6 Å². The molecule has 0 atom stereocenters. The van der Waals surface area contributed by atoms with Crippen molar-refractivity contribution in [2.45, 2.75) is 13.1 Å². The Balaban J connectivity index is 2.98. The summed E-state index contributed by atoms with van der Waals surface area (Å²) in [6, 6.07) is 4.43. The molecule has 0 bridgehead atoms. The van der Waals surface area contributed by atoms with Crippen molar-refractivity contribution in [3.8, 4) is 17.9 Å². The van der Waals surface area contributed by atoms with Gasteiger partial charge in [-0.3, -0.25) is 4.79 Å². The Labute approximate surface area is 108 Å². The summed E-state index contributed by atoms with van der Waals surface area (Å²) in [5.41, 5.74) is -0.845. The number of halogens is 3. The first-order valence-corrected chi connectivity index (χ1v) is 5.19. The van der Waals surface area contributed by atoms with Crippen molar-refractivity contribution in [2.75, 3.05) is 6.54 Å². The van der Waals surface area contributed by atoms with E-state index in [2.05, 4.69) is 17.2 Å². The Morgan fingerprint density at radius 1 is 1.37 bits per heavy atom. The quantitative estimate of drug-likeness (QED) is 0.791. The van der Waals surface area contributed by atoms with E-state index in [4.69, 9.17) is 5.26 Å². The van der Waals surface area contributed by atoms with Gasteiger partial charge in [0.05, 0.1) is 17.7 Å². The molecule has 1 rings (SSSR count). The van der Waals surface area contributed by atoms with Crippen molar-refractivity contribution in [1.82, 2.24) is 5.32 Å². The first kappa shape index (κ1) is 14.6. The summed E-state index contributed by atoms with van der Waals surface area (Å²) >= 11 is 0. The summed E-state index contributed by atoms with van der Waals surface area (Å²) in [6.07, 6.45) is -4.49. The zero-order valence-corrected chi connectivity index (χ0v) is 9.93. The van der Waals surface area contributed by atoms with Gasteiger partial charge in [0, 0.05) is 12.5 Å². The fourth-order valence-electron chi connectivity index (χ4n) is 1.23. The highest BCUT2D eigenvalue weighted by Gasteiger charge is 2.30. The lowest BCUT2D eigenvalue weighted by molar-refractivity contribution is -0.137. The summed E-state index contributed by atoms with van der Waals surface area (Å²) in [4.78, 5) is 10.6. The molecule has 1 aromatic carbocycles. The summed E-state index contributed by atoms with van der Waals surface area (Å²) in [7, 11) is 0. The highest BCUT2D eigenvalue weighted by Crippen LogP contribution is 2.30. The number of nitrogens with one attached hydrogen (secondary N) is 1. The number of nitriles is 1. The van der Waals surface area contributed by atoms with Crippen molar-refractivity contribution < 1.29 is 18.0 Å². The van der Waals surface area contributed by atoms with E-state index in [0.717, 1.165) is 18.2 Å². The van der Waals surface area contributed by atoms with Crippen LogP contribution in [-0.2, 0) is 11.0 Å². The lowest BCUT2D eigenvalue weighted by atomic mass is 10.0. The maximum absolute atomic E-state index is 12.4. The van der Waals surface area contributed by atoms with Gasteiger partial charge >= 0.3 is 6.18 Å². The van der Waals surface area contributed by atoms with Crippen molar-refractivity contribution >= 4 is 5.91 Å². The Morgan fingerprint density at radius 3 is 2.58 bits per heavy atom. The fraction of sp³-hybridized carbons (Fsp3) is 0.231. The number of benzene rings is 1. The van der Waals surface area contributed by atoms with Crippen LogP contribution in [0.15, 0.2) is 18.2 Å². The minimum atomic E-state index is -4.49. The summed E-state index contributed by atoms with van der Waals surface area (Å²) in [6.45, 7) is 1.39. The van der Waals surface area contributed by atoms with Gasteiger partial charge < -0.3 is 5.32 Å². The molecule has 0 radical (unpaired) electrons. The monoisotopic (exact) mass is 266 g/mol. The van der Waals surface area contributed by atoms with Crippen LogP contribution in [0.2, 0.25) is 0 Å². The van der Waals surface area contributed by atoms with Crippen LogP contribution in [0.4, 0.5) is 13.2 Å². The topological polar surface area (TPSA) is 52.9 Å². The second kappa shape index (κ2) is 5.92. The van der Waals surface area contributed by atoms with Crippen LogP contribution in [-0.4, -0.2) is 12.5 Å². The highest BCUT2D eigenvalue weighted by molar-refractivity contribution is 5.73. The third kappa shape index (κ3) is 4.36. The zero-order chi connectivity index (χ0) is 14.5. The van der Waals surface area contributed by atoms with Gasteiger partial charge in [0.2, 0.25) is 5.91 Å². The van der Waals surface area contributed by atoms with Crippen LogP contribution < -0.4 is 5.32 Å². The largest absolute Gasteiger partial charge is 0.416 e. The molecule has 1 aromatic rings. The third-order valence-corrected chi connectivity index (χ3v) is 2.12. The molecule has 0 heterocycles. The van der Waals surface area contributed by atoms with Gasteiger partial charge in [-0.05, 0) is 18.2 Å². The predicted molar refractivity (Wildman–Crippen MR) is 61.7 cm³/mol. The predicted octanol–water partition coefficient (Wildman–Crippen LogP) is 2.06. The number of rotatable bonds is 1. The van der Waals surface area contributed by atoms with E-state index in [1.54, 1.807) is 6.07 Å². The molecular formula is C13H9F3N2O. The molecule has 1 N–H and O–H groups in total. The van der Waals surface area contributed by atoms with Gasteiger partial charge in [0.15, 0.2) is 0 Å². The van der Waals surface area contributed by atoms with Crippen LogP contribution >= 0.6 is 0 Å². The molecule has 0 fully saturated rings. The van der Waals surface area contributed by atoms with Crippen LogP contribution in [0, 0.1) is 23.2 Å². The normalized spacial score (nSPS) is 10.1. The molecule has 0 aromatic heterocycles. The molecule has 0 saturated carbocycles. The zero-order valence-electron chi connectivity index (χ0n) is 9.93. The maximum atomic E-state index is 12.4. The molecule has 1 amide bonds. The van der Waals surface area contributed by atoms with Crippen molar-refractivity contribution in [3.63, 3.8) is 0 Å². The third-order valence-electron chi connectivity index (χ3n) is 2.12. The van der Waals surface area contributed by atoms with E-state index in [1.165, 1.54) is 6.92 Å². The number of carbonyl (C=O) groups is 1. The van der Waals surface area contributed by atoms with Crippen LogP contribution in [0.3, 0.4) is 0 Å². The number of amides is 1. The molecule has 19 heavy (non-hydrogen) atoms. The Morgan fingerprint density at radius 2 is 2.05 bits per heavy atom. The Kier molecular flexibility index (Phi) is 4.55. The van der Waals surface area contributed by atoms with Crippen molar-refractivity contribution in [2.24, 2.45) is 0 Å². The second-order valence-electron chi connectivity index (χ2n) is 3.58. The molecule has 3 nitrogen and oxygen atoms in total. The van der Waals surface area contributed by atoms with Gasteiger partial charge in [-0.15, -0.1) is 0 Å². The lowest BCUT2D eigenvalue weighted by Crippen LogP contribution is -2.19. The number of alkyl halides is 3. The van der Waals surface area contributed by atoms with Gasteiger partial charge in [-0.2, -0.15) is 18.4 Å². The molecule has 0 aliphatic carbocycles. The second-order valence-corrected chi connectivity index (χ2v) is 3.58. The van der Waals surface area contributed by atoms with Gasteiger partial charge in [0.25, 0.3) is 0 Å². The molecular weight excluding hydrogens is 257 g/mol. The van der Waals surface area contributed by atoms with E-state index < -0.39 is 11.7 Å². The van der Waals surface area contributed by atoms with E-state index >= 15 is 0 Å². The number of hydrogen-bond acceptors (Lipinski definition) is 2. The molecule has 0 aliphatic heterocycles. The van der Waals surface area contributed by atoms with Crippen LogP contribution in [0.5, 0.6) is 0 Å². The number of hydrogen-bond donors (Lipinski definition) is 1. The van der Waals surface area contributed by atoms with Crippen LogP contribution in [0.1, 0.15) is 23.6 Å². The molecule has 6 heteroatoms. The SMILES string of the molecule is CC(=O)NCC#Cc1ccc(C(F)(F)F)cc1C#N. The van der Waals surface area contributed by atoms with Crippen LogP contribution in [0.25, 0.3) is 0 Å². The molecule has 98 valence electrons. The summed E-state index contributed by atoms with van der Waals surface area (Å²) in [5, 5.41) is 11.2. The summed E-state index contributed by atoms with van der Waals surface area (Å²) in [5.74, 6) is 4.83. The number of carbonyl (C=O) groups excluding carboxylic acids is 1. The minimum absolute atomic E-state index is 0.0707. The summed E-state index contributed by atoms with van der Waals surface area (Å²) < 4.78 is 37.3. The molecule has 0 saturated heterocycles. The Bertz CT molecular complexity index is 589. The van der Waals surface area contributed by atoms with Gasteiger partial charge in [-0.25, -0.2) is 0 Å². The molecule has 0 unspecified atom stereocenters. The first-order chi connectivity index (χ1) is 8.84. The van der Waals surface area contributed by atoms with Gasteiger partial charge in [0.1, 0.15) is 6.07 Å². The number of nitrogens with zero attached hydrogens (tertiary/aromatic N) is 1.